The first-order chi connectivity index (χ1) is 20.2. The highest BCUT2D eigenvalue weighted by molar-refractivity contribution is 5.99. The van der Waals surface area contributed by atoms with E-state index in [0.717, 1.165) is 5.56 Å². The van der Waals surface area contributed by atoms with Crippen molar-refractivity contribution in [3.8, 4) is 11.4 Å². The molecule has 0 radical (unpaired) electrons. The number of ether oxygens (including phenoxy) is 2. The van der Waals surface area contributed by atoms with Crippen LogP contribution in [0.25, 0.3) is 22.6 Å². The molecule has 0 aliphatic carbocycles. The molecule has 3 amide bonds. The first kappa shape index (κ1) is 27.3. The minimum absolute atomic E-state index is 0.0895. The van der Waals surface area contributed by atoms with Crippen molar-refractivity contribution in [2.45, 2.75) is 32.4 Å². The molecule has 14 nitrogen and oxygen atoms in total. The summed E-state index contributed by atoms with van der Waals surface area (Å²) in [5, 5.41) is 14.5. The van der Waals surface area contributed by atoms with Crippen LogP contribution in [0.3, 0.4) is 0 Å². The Balaban J connectivity index is 1.25. The van der Waals surface area contributed by atoms with Crippen LogP contribution in [0, 0.1) is 0 Å². The summed E-state index contributed by atoms with van der Waals surface area (Å²) in [6.45, 7) is 8.95. The fourth-order valence-electron chi connectivity index (χ4n) is 4.70. The van der Waals surface area contributed by atoms with Gasteiger partial charge in [0.1, 0.15) is 5.60 Å². The molecule has 0 bridgehead atoms. The highest BCUT2D eigenvalue weighted by Gasteiger charge is 2.37. The Bertz CT molecular complexity index is 1570. The Morgan fingerprint density at radius 1 is 0.952 bits per heavy atom. The maximum atomic E-state index is 12.5. The van der Waals surface area contributed by atoms with Gasteiger partial charge in [0, 0.05) is 55.5 Å². The summed E-state index contributed by atoms with van der Waals surface area (Å²) >= 11 is 0. The number of nitrogens with one attached hydrogen (secondary N) is 2. The molecule has 2 saturated heterocycles. The molecule has 5 heterocycles. The largest absolute Gasteiger partial charge is 0.444 e. The first-order valence-corrected chi connectivity index (χ1v) is 13.8. The van der Waals surface area contributed by atoms with Gasteiger partial charge in [-0.25, -0.2) is 24.2 Å². The molecule has 2 N–H and O–H groups in total. The number of carbonyl (C=O) groups is 2. The highest BCUT2D eigenvalue weighted by Crippen LogP contribution is 2.31. The fraction of sp³-hybridized carbons (Fsp3) is 0.393. The van der Waals surface area contributed by atoms with Crippen molar-refractivity contribution in [2.75, 3.05) is 54.9 Å². The van der Waals surface area contributed by atoms with Gasteiger partial charge in [-0.05, 0) is 57.2 Å². The van der Waals surface area contributed by atoms with E-state index in [4.69, 9.17) is 19.4 Å². The SMILES string of the molecule is CC(C)(C)OC(=O)N1CC(n2nnc3c(N4CCOCC4)nc(-c4ccc(NC(=O)Nc5ccncc5)cc4)nc32)C1. The Hall–Kier alpha value is -4.85. The van der Waals surface area contributed by atoms with E-state index in [1.807, 2.05) is 32.9 Å². The van der Waals surface area contributed by atoms with Gasteiger partial charge in [0.05, 0.1) is 19.3 Å². The van der Waals surface area contributed by atoms with Crippen molar-refractivity contribution in [1.29, 1.82) is 0 Å². The molecule has 14 heteroatoms. The minimum Gasteiger partial charge on any atom is -0.444 e. The predicted molar refractivity (Wildman–Crippen MR) is 155 cm³/mol. The summed E-state index contributed by atoms with van der Waals surface area (Å²) in [6.07, 6.45) is 2.86. The van der Waals surface area contributed by atoms with Gasteiger partial charge in [0.15, 0.2) is 22.8 Å². The van der Waals surface area contributed by atoms with Gasteiger partial charge < -0.3 is 29.9 Å². The summed E-state index contributed by atoms with van der Waals surface area (Å²) in [5.74, 6) is 1.19. The number of nitrogens with zero attached hydrogens (tertiary/aromatic N) is 8. The number of hydrogen-bond acceptors (Lipinski definition) is 10. The van der Waals surface area contributed by atoms with Crippen LogP contribution in [-0.2, 0) is 9.47 Å². The van der Waals surface area contributed by atoms with E-state index in [2.05, 4.69) is 30.8 Å². The van der Waals surface area contributed by atoms with Gasteiger partial charge >= 0.3 is 12.1 Å². The maximum Gasteiger partial charge on any atom is 0.410 e. The monoisotopic (exact) mass is 572 g/mol. The van der Waals surface area contributed by atoms with Crippen LogP contribution in [0.5, 0.6) is 0 Å². The van der Waals surface area contributed by atoms with Crippen LogP contribution in [-0.4, -0.2) is 92.0 Å². The molecule has 0 unspecified atom stereocenters. The van der Waals surface area contributed by atoms with Crippen LogP contribution < -0.4 is 15.5 Å². The van der Waals surface area contributed by atoms with E-state index in [9.17, 15) is 9.59 Å². The zero-order chi connectivity index (χ0) is 29.3. The highest BCUT2D eigenvalue weighted by atomic mass is 16.6. The van der Waals surface area contributed by atoms with Gasteiger partial charge in [-0.3, -0.25) is 4.98 Å². The number of morpholine rings is 1. The lowest BCUT2D eigenvalue weighted by molar-refractivity contribution is -0.000152. The number of aromatic nitrogens is 6. The van der Waals surface area contributed by atoms with Gasteiger partial charge in [-0.1, -0.05) is 5.21 Å². The molecule has 6 rings (SSSR count). The molecule has 1 aromatic carbocycles. The Morgan fingerprint density at radius 3 is 2.29 bits per heavy atom. The van der Waals surface area contributed by atoms with Crippen molar-refractivity contribution in [2.24, 2.45) is 0 Å². The standard InChI is InChI=1S/C28H32N10O4/c1-28(2,3)42-27(40)37-16-21(17-37)38-25-22(34-35-38)24(36-12-14-41-15-13-36)32-23(33-25)18-4-6-19(7-5-18)30-26(39)31-20-8-10-29-11-9-20/h4-11,21H,12-17H2,1-3H3,(H2,29,30,31,39). The first-order valence-electron chi connectivity index (χ1n) is 13.8. The molecule has 0 atom stereocenters. The van der Waals surface area contributed by atoms with E-state index in [1.54, 1.807) is 46.2 Å². The molecule has 2 aliphatic rings. The van der Waals surface area contributed by atoms with Crippen molar-refractivity contribution < 1.29 is 19.1 Å². The molecular formula is C28H32N10O4. The summed E-state index contributed by atoms with van der Waals surface area (Å²) in [7, 11) is 0. The molecule has 0 saturated carbocycles. The second-order valence-corrected chi connectivity index (χ2v) is 11.1. The second kappa shape index (κ2) is 11.2. The zero-order valence-electron chi connectivity index (χ0n) is 23.6. The summed E-state index contributed by atoms with van der Waals surface area (Å²) < 4.78 is 12.8. The molecule has 218 valence electrons. The average molecular weight is 573 g/mol. The van der Waals surface area contributed by atoms with Gasteiger partial charge in [-0.15, -0.1) is 5.10 Å². The molecule has 2 fully saturated rings. The lowest BCUT2D eigenvalue weighted by Gasteiger charge is -2.39. The summed E-state index contributed by atoms with van der Waals surface area (Å²) in [4.78, 5) is 42.4. The molecule has 3 aromatic heterocycles. The normalized spacial score (nSPS) is 15.8. The van der Waals surface area contributed by atoms with E-state index in [-0.39, 0.29) is 18.2 Å². The predicted octanol–water partition coefficient (Wildman–Crippen LogP) is 3.56. The number of benzene rings is 1. The number of anilines is 3. The van der Waals surface area contributed by atoms with Gasteiger partial charge in [0.2, 0.25) is 0 Å². The van der Waals surface area contributed by atoms with E-state index < -0.39 is 5.60 Å². The number of rotatable bonds is 5. The van der Waals surface area contributed by atoms with Crippen molar-refractivity contribution in [3.05, 3.63) is 48.8 Å². The molecular weight excluding hydrogens is 540 g/mol. The Labute approximate surface area is 242 Å². The fourth-order valence-corrected chi connectivity index (χ4v) is 4.70. The summed E-state index contributed by atoms with van der Waals surface area (Å²) in [5.41, 5.74) is 2.65. The molecule has 0 spiro atoms. The average Bonchev–Trinajstić information content (AvgIpc) is 3.36. The smallest absolute Gasteiger partial charge is 0.410 e. The molecule has 4 aromatic rings. The maximum absolute atomic E-state index is 12.5. The third kappa shape index (κ3) is 5.93. The number of likely N-dealkylation sites (tertiary alicyclic amines) is 1. The van der Waals surface area contributed by atoms with Crippen LogP contribution >= 0.6 is 0 Å². The van der Waals surface area contributed by atoms with Crippen LogP contribution in [0.15, 0.2) is 48.8 Å². The number of urea groups is 1. The number of carbonyl (C=O) groups excluding carboxylic acids is 2. The number of amides is 3. The Morgan fingerprint density at radius 2 is 1.62 bits per heavy atom. The molecule has 42 heavy (non-hydrogen) atoms. The molecule has 2 aliphatic heterocycles. The van der Waals surface area contributed by atoms with E-state index in [0.29, 0.717) is 73.6 Å². The van der Waals surface area contributed by atoms with E-state index in [1.165, 1.54) is 0 Å². The quantitative estimate of drug-likeness (QED) is 0.363. The minimum atomic E-state index is -0.564. The van der Waals surface area contributed by atoms with Gasteiger partial charge in [-0.2, -0.15) is 0 Å². The zero-order valence-corrected chi connectivity index (χ0v) is 23.6. The third-order valence-corrected chi connectivity index (χ3v) is 6.81. The third-order valence-electron chi connectivity index (χ3n) is 6.81. The lowest BCUT2D eigenvalue weighted by Crippen LogP contribution is -2.52. The van der Waals surface area contributed by atoms with Crippen LogP contribution in [0.2, 0.25) is 0 Å². The van der Waals surface area contributed by atoms with Crippen molar-refractivity contribution in [1.82, 2.24) is 34.8 Å². The van der Waals surface area contributed by atoms with Crippen LogP contribution in [0.1, 0.15) is 26.8 Å². The number of hydrogen-bond donors (Lipinski definition) is 2. The number of fused-ring (bicyclic) bond motifs is 1. The number of pyridine rings is 1. The van der Waals surface area contributed by atoms with Crippen molar-refractivity contribution in [3.63, 3.8) is 0 Å². The van der Waals surface area contributed by atoms with Gasteiger partial charge in [0.25, 0.3) is 0 Å². The topological polar surface area (TPSA) is 153 Å². The van der Waals surface area contributed by atoms with Crippen molar-refractivity contribution >= 4 is 40.5 Å². The van der Waals surface area contributed by atoms with Crippen LogP contribution in [0.4, 0.5) is 26.8 Å². The Kier molecular flexibility index (Phi) is 7.29. The second-order valence-electron chi connectivity index (χ2n) is 11.1. The van der Waals surface area contributed by atoms with E-state index >= 15 is 0 Å². The summed E-state index contributed by atoms with van der Waals surface area (Å²) in [6, 6.07) is 10.3. The lowest BCUT2D eigenvalue weighted by atomic mass is 10.1.